The summed E-state index contributed by atoms with van der Waals surface area (Å²) in [4.78, 5) is 14.2. The van der Waals surface area contributed by atoms with E-state index in [1.807, 2.05) is 43.5 Å². The molecule has 0 fully saturated rings. The molecular formula is C29H26N2O5S2. The van der Waals surface area contributed by atoms with Crippen molar-refractivity contribution < 1.29 is 22.4 Å². The summed E-state index contributed by atoms with van der Waals surface area (Å²) in [7, 11) is -4.04. The monoisotopic (exact) mass is 546 g/mol. The Morgan fingerprint density at radius 3 is 2.34 bits per heavy atom. The van der Waals surface area contributed by atoms with E-state index in [1.165, 1.54) is 11.8 Å². The summed E-state index contributed by atoms with van der Waals surface area (Å²) >= 11 is 1.52. The van der Waals surface area contributed by atoms with Gasteiger partial charge in [0.05, 0.1) is 17.2 Å². The minimum Gasteiger partial charge on any atom is -0.494 e. The normalized spacial score (nSPS) is 11.5. The standard InChI is InChI=1S/C29H26N2O5S2/c1-3-35-22-11-9-21(10-12-22)31(38(33,34)24-15-13-23(37-2)14-16-24)19-29(32)30-20-8-17-26-25-6-4-5-7-27(25)36-28(26)18-20/h4-18H,3,19H2,1-2H3,(H,30,32). The number of nitrogens with zero attached hydrogens (tertiary/aromatic N) is 1. The second-order valence-corrected chi connectivity index (χ2v) is 11.2. The molecule has 38 heavy (non-hydrogen) atoms. The van der Waals surface area contributed by atoms with Gasteiger partial charge in [-0.25, -0.2) is 8.42 Å². The molecule has 1 amide bonds. The van der Waals surface area contributed by atoms with E-state index in [-0.39, 0.29) is 4.90 Å². The van der Waals surface area contributed by atoms with Crippen LogP contribution in [0.4, 0.5) is 11.4 Å². The highest BCUT2D eigenvalue weighted by Crippen LogP contribution is 2.31. The maximum absolute atomic E-state index is 13.7. The highest BCUT2D eigenvalue weighted by Gasteiger charge is 2.27. The summed E-state index contributed by atoms with van der Waals surface area (Å²) in [5.41, 5.74) is 2.25. The zero-order valence-corrected chi connectivity index (χ0v) is 22.5. The zero-order valence-electron chi connectivity index (χ0n) is 20.9. The van der Waals surface area contributed by atoms with Crippen molar-refractivity contribution in [1.29, 1.82) is 0 Å². The van der Waals surface area contributed by atoms with Gasteiger partial charge in [-0.2, -0.15) is 0 Å². The Morgan fingerprint density at radius 2 is 1.63 bits per heavy atom. The van der Waals surface area contributed by atoms with Gasteiger partial charge in [-0.15, -0.1) is 11.8 Å². The molecule has 0 bridgehead atoms. The van der Waals surface area contributed by atoms with Crippen LogP contribution in [0.5, 0.6) is 5.75 Å². The molecule has 7 nitrogen and oxygen atoms in total. The quantitative estimate of drug-likeness (QED) is 0.211. The number of rotatable bonds is 9. The molecule has 0 radical (unpaired) electrons. The van der Waals surface area contributed by atoms with Crippen LogP contribution in [0, 0.1) is 0 Å². The van der Waals surface area contributed by atoms with E-state index >= 15 is 0 Å². The highest BCUT2D eigenvalue weighted by atomic mass is 32.2. The number of para-hydroxylation sites is 1. The van der Waals surface area contributed by atoms with Crippen molar-refractivity contribution >= 4 is 61.0 Å². The number of furan rings is 1. The molecule has 5 aromatic rings. The van der Waals surface area contributed by atoms with Crippen molar-refractivity contribution in [3.05, 3.63) is 91.0 Å². The van der Waals surface area contributed by atoms with Crippen LogP contribution < -0.4 is 14.4 Å². The molecule has 0 saturated heterocycles. The number of fused-ring (bicyclic) bond motifs is 3. The van der Waals surface area contributed by atoms with E-state index in [1.54, 1.807) is 60.7 Å². The third kappa shape index (κ3) is 5.20. The number of thioether (sulfide) groups is 1. The predicted octanol–water partition coefficient (Wildman–Crippen LogP) is 6.54. The third-order valence-electron chi connectivity index (χ3n) is 6.03. The lowest BCUT2D eigenvalue weighted by atomic mass is 10.1. The van der Waals surface area contributed by atoms with Crippen LogP contribution in [0.15, 0.2) is 105 Å². The van der Waals surface area contributed by atoms with Gasteiger partial charge in [0, 0.05) is 27.4 Å². The number of ether oxygens (including phenoxy) is 1. The summed E-state index contributed by atoms with van der Waals surface area (Å²) in [6.07, 6.45) is 1.92. The average molecular weight is 547 g/mol. The topological polar surface area (TPSA) is 88.8 Å². The average Bonchev–Trinajstić information content (AvgIpc) is 3.30. The fraction of sp³-hybridized carbons (Fsp3) is 0.138. The second kappa shape index (κ2) is 10.8. The van der Waals surface area contributed by atoms with E-state index in [9.17, 15) is 13.2 Å². The highest BCUT2D eigenvalue weighted by molar-refractivity contribution is 7.98. The Kier molecular flexibility index (Phi) is 7.31. The Bertz CT molecular complexity index is 1700. The van der Waals surface area contributed by atoms with E-state index in [4.69, 9.17) is 9.15 Å². The molecule has 5 rings (SSSR count). The third-order valence-corrected chi connectivity index (χ3v) is 8.56. The van der Waals surface area contributed by atoms with Crippen LogP contribution in [-0.4, -0.2) is 33.7 Å². The Balaban J connectivity index is 1.44. The van der Waals surface area contributed by atoms with Crippen molar-refractivity contribution in [2.45, 2.75) is 16.7 Å². The van der Waals surface area contributed by atoms with E-state index in [0.29, 0.717) is 29.3 Å². The number of nitrogens with one attached hydrogen (secondary N) is 1. The fourth-order valence-electron chi connectivity index (χ4n) is 4.20. The van der Waals surface area contributed by atoms with Crippen molar-refractivity contribution in [1.82, 2.24) is 0 Å². The first-order chi connectivity index (χ1) is 18.4. The largest absolute Gasteiger partial charge is 0.494 e. The van der Waals surface area contributed by atoms with E-state index in [0.717, 1.165) is 25.6 Å². The maximum Gasteiger partial charge on any atom is 0.264 e. The fourth-order valence-corrected chi connectivity index (χ4v) is 6.03. The molecule has 0 unspecified atom stereocenters. The maximum atomic E-state index is 13.7. The molecule has 194 valence electrons. The molecule has 1 heterocycles. The smallest absolute Gasteiger partial charge is 0.264 e. The Morgan fingerprint density at radius 1 is 0.921 bits per heavy atom. The van der Waals surface area contributed by atoms with Gasteiger partial charge in [-0.3, -0.25) is 9.10 Å². The minimum atomic E-state index is -4.04. The molecule has 9 heteroatoms. The lowest BCUT2D eigenvalue weighted by Gasteiger charge is -2.24. The molecule has 0 saturated carbocycles. The van der Waals surface area contributed by atoms with Gasteiger partial charge in [0.1, 0.15) is 23.5 Å². The SMILES string of the molecule is CCOc1ccc(N(CC(=O)Nc2ccc3c(c2)oc2ccccc23)S(=O)(=O)c2ccc(SC)cc2)cc1. The van der Waals surface area contributed by atoms with Crippen molar-refractivity contribution in [2.24, 2.45) is 0 Å². The lowest BCUT2D eigenvalue weighted by Crippen LogP contribution is -2.38. The van der Waals surface area contributed by atoms with Gasteiger partial charge in [-0.05, 0) is 79.9 Å². The summed E-state index contributed by atoms with van der Waals surface area (Å²) < 4.78 is 39.9. The number of hydrogen-bond acceptors (Lipinski definition) is 6. The summed E-state index contributed by atoms with van der Waals surface area (Å²) in [5, 5.41) is 4.74. The molecule has 1 aromatic heterocycles. The first-order valence-electron chi connectivity index (χ1n) is 12.0. The van der Waals surface area contributed by atoms with Crippen LogP contribution in [-0.2, 0) is 14.8 Å². The summed E-state index contributed by atoms with van der Waals surface area (Å²) in [6, 6.07) is 26.3. The molecular weight excluding hydrogens is 520 g/mol. The predicted molar refractivity (Wildman–Crippen MR) is 153 cm³/mol. The Hall–Kier alpha value is -3.95. The van der Waals surface area contributed by atoms with Gasteiger partial charge < -0.3 is 14.5 Å². The van der Waals surface area contributed by atoms with Crippen molar-refractivity contribution in [2.75, 3.05) is 29.0 Å². The zero-order chi connectivity index (χ0) is 26.7. The Labute approximate surface area is 225 Å². The molecule has 1 N–H and O–H groups in total. The van der Waals surface area contributed by atoms with Crippen LogP contribution in [0.1, 0.15) is 6.92 Å². The minimum absolute atomic E-state index is 0.0979. The number of sulfonamides is 1. The number of anilines is 2. The van der Waals surface area contributed by atoms with Crippen LogP contribution in [0.2, 0.25) is 0 Å². The molecule has 0 aliphatic carbocycles. The molecule has 0 atom stereocenters. The van der Waals surface area contributed by atoms with Gasteiger partial charge in [-0.1, -0.05) is 18.2 Å². The van der Waals surface area contributed by atoms with Crippen molar-refractivity contribution in [3.8, 4) is 5.75 Å². The first kappa shape index (κ1) is 25.7. The van der Waals surface area contributed by atoms with Crippen molar-refractivity contribution in [3.63, 3.8) is 0 Å². The number of benzene rings is 4. The van der Waals surface area contributed by atoms with Gasteiger partial charge >= 0.3 is 0 Å². The first-order valence-corrected chi connectivity index (χ1v) is 14.7. The second-order valence-electron chi connectivity index (χ2n) is 8.47. The number of carbonyl (C=O) groups excluding carboxylic acids is 1. The number of amides is 1. The molecule has 0 spiro atoms. The van der Waals surface area contributed by atoms with Crippen LogP contribution in [0.3, 0.4) is 0 Å². The molecule has 0 aliphatic rings. The van der Waals surface area contributed by atoms with Gasteiger partial charge in [0.25, 0.3) is 10.0 Å². The summed E-state index contributed by atoms with van der Waals surface area (Å²) in [6.45, 7) is 1.94. The molecule has 0 aliphatic heterocycles. The number of carbonyl (C=O) groups is 1. The lowest BCUT2D eigenvalue weighted by molar-refractivity contribution is -0.114. The summed E-state index contributed by atoms with van der Waals surface area (Å²) in [5.74, 6) is 0.125. The van der Waals surface area contributed by atoms with Gasteiger partial charge in [0.2, 0.25) is 5.91 Å². The number of hydrogen-bond donors (Lipinski definition) is 1. The van der Waals surface area contributed by atoms with Crippen LogP contribution in [0.25, 0.3) is 21.9 Å². The van der Waals surface area contributed by atoms with E-state index < -0.39 is 22.5 Å². The van der Waals surface area contributed by atoms with E-state index in [2.05, 4.69) is 5.32 Å². The van der Waals surface area contributed by atoms with Gasteiger partial charge in [0.15, 0.2) is 0 Å². The van der Waals surface area contributed by atoms with Crippen LogP contribution >= 0.6 is 11.8 Å². The molecule has 4 aromatic carbocycles.